The first kappa shape index (κ1) is 16.8. The van der Waals surface area contributed by atoms with Crippen molar-refractivity contribution in [1.29, 1.82) is 0 Å². The largest absolute Gasteiger partial charge is 0.497 e. The van der Waals surface area contributed by atoms with Crippen LogP contribution in [-0.2, 0) is 11.3 Å². The minimum absolute atomic E-state index is 0.0944. The molecule has 3 rings (SSSR count). The Morgan fingerprint density at radius 1 is 1.20 bits per heavy atom. The van der Waals surface area contributed by atoms with Crippen molar-refractivity contribution < 1.29 is 14.3 Å². The second-order valence-electron chi connectivity index (χ2n) is 5.63. The molecule has 0 aliphatic carbocycles. The highest BCUT2D eigenvalue weighted by atomic mass is 16.5. The minimum Gasteiger partial charge on any atom is -0.497 e. The van der Waals surface area contributed by atoms with Gasteiger partial charge in [0, 0.05) is 5.56 Å². The predicted molar refractivity (Wildman–Crippen MR) is 93.6 cm³/mol. The highest BCUT2D eigenvalue weighted by Crippen LogP contribution is 2.29. The Bertz CT molecular complexity index is 891. The molecule has 1 atom stereocenters. The standard InChI is InChI=1S/C18H20N4O3/c1-12(14-10-13(24-2)8-9-17(14)25-3)19-18(23)11-22-16-7-5-4-6-15(16)20-21-22/h4-10,12H,11H2,1-3H3,(H,19,23)/t12-/m0/s1. The first-order chi connectivity index (χ1) is 12.1. The molecule has 1 N–H and O–H groups in total. The van der Waals surface area contributed by atoms with Crippen LogP contribution >= 0.6 is 0 Å². The molecule has 0 aliphatic heterocycles. The van der Waals surface area contributed by atoms with Crippen LogP contribution in [-0.4, -0.2) is 35.1 Å². The molecule has 0 radical (unpaired) electrons. The number of methoxy groups -OCH3 is 2. The zero-order valence-corrected chi connectivity index (χ0v) is 14.4. The number of rotatable bonds is 6. The van der Waals surface area contributed by atoms with E-state index in [1.54, 1.807) is 18.9 Å². The Kier molecular flexibility index (Phi) is 4.83. The second kappa shape index (κ2) is 7.21. The molecule has 0 bridgehead atoms. The molecule has 1 heterocycles. The highest BCUT2D eigenvalue weighted by molar-refractivity contribution is 5.80. The third kappa shape index (κ3) is 3.55. The SMILES string of the molecule is COc1ccc(OC)c([C@H](C)NC(=O)Cn2nnc3ccccc32)c1. The van der Waals surface area contributed by atoms with Crippen LogP contribution in [0.4, 0.5) is 0 Å². The molecule has 0 saturated carbocycles. The van der Waals surface area contributed by atoms with Gasteiger partial charge in [-0.3, -0.25) is 4.79 Å². The van der Waals surface area contributed by atoms with Crippen molar-refractivity contribution in [3.63, 3.8) is 0 Å². The second-order valence-corrected chi connectivity index (χ2v) is 5.63. The number of hydrogen-bond acceptors (Lipinski definition) is 5. The Hall–Kier alpha value is -3.09. The molecule has 7 heteroatoms. The number of hydrogen-bond donors (Lipinski definition) is 1. The van der Waals surface area contributed by atoms with E-state index in [9.17, 15) is 4.79 Å². The molecule has 130 valence electrons. The van der Waals surface area contributed by atoms with Gasteiger partial charge in [-0.2, -0.15) is 0 Å². The molecule has 0 unspecified atom stereocenters. The van der Waals surface area contributed by atoms with Crippen molar-refractivity contribution in [3.05, 3.63) is 48.0 Å². The molecule has 0 saturated heterocycles. The first-order valence-electron chi connectivity index (χ1n) is 7.92. The normalized spacial score (nSPS) is 12.0. The van der Waals surface area contributed by atoms with Gasteiger partial charge in [0.1, 0.15) is 23.6 Å². The van der Waals surface area contributed by atoms with Crippen LogP contribution in [0, 0.1) is 0 Å². The van der Waals surface area contributed by atoms with E-state index in [2.05, 4.69) is 15.6 Å². The van der Waals surface area contributed by atoms with Crippen LogP contribution in [0.2, 0.25) is 0 Å². The Morgan fingerprint density at radius 3 is 2.76 bits per heavy atom. The number of fused-ring (bicyclic) bond motifs is 1. The average Bonchev–Trinajstić information content (AvgIpc) is 3.04. The van der Waals surface area contributed by atoms with E-state index in [-0.39, 0.29) is 18.5 Å². The molecule has 2 aromatic carbocycles. The Morgan fingerprint density at radius 2 is 2.00 bits per heavy atom. The first-order valence-corrected chi connectivity index (χ1v) is 7.92. The van der Waals surface area contributed by atoms with Gasteiger partial charge in [0.05, 0.1) is 25.8 Å². The highest BCUT2D eigenvalue weighted by Gasteiger charge is 2.16. The summed E-state index contributed by atoms with van der Waals surface area (Å²) in [7, 11) is 3.20. The van der Waals surface area contributed by atoms with Gasteiger partial charge in [0.2, 0.25) is 5.91 Å². The van der Waals surface area contributed by atoms with Crippen molar-refractivity contribution in [3.8, 4) is 11.5 Å². The van der Waals surface area contributed by atoms with Crippen molar-refractivity contribution in [2.24, 2.45) is 0 Å². The fraction of sp³-hybridized carbons (Fsp3) is 0.278. The summed E-state index contributed by atoms with van der Waals surface area (Å²) in [6.07, 6.45) is 0. The summed E-state index contributed by atoms with van der Waals surface area (Å²) in [6.45, 7) is 1.99. The zero-order valence-electron chi connectivity index (χ0n) is 14.4. The maximum Gasteiger partial charge on any atom is 0.242 e. The average molecular weight is 340 g/mol. The number of aromatic nitrogens is 3. The van der Waals surface area contributed by atoms with Gasteiger partial charge < -0.3 is 14.8 Å². The molecular weight excluding hydrogens is 320 g/mol. The lowest BCUT2D eigenvalue weighted by atomic mass is 10.1. The third-order valence-electron chi connectivity index (χ3n) is 3.99. The fourth-order valence-electron chi connectivity index (χ4n) is 2.71. The smallest absolute Gasteiger partial charge is 0.242 e. The summed E-state index contributed by atoms with van der Waals surface area (Å²) in [5.74, 6) is 1.24. The molecule has 3 aromatic rings. The van der Waals surface area contributed by atoms with Crippen molar-refractivity contribution in [2.45, 2.75) is 19.5 Å². The molecule has 1 amide bonds. The molecule has 0 aliphatic rings. The van der Waals surface area contributed by atoms with Crippen LogP contribution in [0.25, 0.3) is 11.0 Å². The summed E-state index contributed by atoms with van der Waals surface area (Å²) in [5, 5.41) is 11.1. The Balaban J connectivity index is 1.74. The quantitative estimate of drug-likeness (QED) is 0.745. The molecule has 25 heavy (non-hydrogen) atoms. The fourth-order valence-corrected chi connectivity index (χ4v) is 2.71. The van der Waals surface area contributed by atoms with Gasteiger partial charge in [-0.1, -0.05) is 17.3 Å². The Labute approximate surface area is 145 Å². The van der Waals surface area contributed by atoms with Gasteiger partial charge in [0.25, 0.3) is 0 Å². The molecular formula is C18H20N4O3. The van der Waals surface area contributed by atoms with Crippen LogP contribution in [0.3, 0.4) is 0 Å². The van der Waals surface area contributed by atoms with Crippen LogP contribution in [0.5, 0.6) is 11.5 Å². The van der Waals surface area contributed by atoms with Crippen molar-refractivity contribution >= 4 is 16.9 Å². The van der Waals surface area contributed by atoms with E-state index in [0.717, 1.165) is 16.6 Å². The number of nitrogens with one attached hydrogen (secondary N) is 1. The third-order valence-corrected chi connectivity index (χ3v) is 3.99. The van der Waals surface area contributed by atoms with E-state index < -0.39 is 0 Å². The summed E-state index contributed by atoms with van der Waals surface area (Å²) in [5.41, 5.74) is 2.43. The van der Waals surface area contributed by atoms with Gasteiger partial charge >= 0.3 is 0 Å². The summed E-state index contributed by atoms with van der Waals surface area (Å²) < 4.78 is 12.2. The van der Waals surface area contributed by atoms with E-state index in [1.165, 1.54) is 0 Å². The lowest BCUT2D eigenvalue weighted by Gasteiger charge is -2.18. The van der Waals surface area contributed by atoms with E-state index in [0.29, 0.717) is 11.5 Å². The number of nitrogens with zero attached hydrogens (tertiary/aromatic N) is 3. The number of carbonyl (C=O) groups excluding carboxylic acids is 1. The van der Waals surface area contributed by atoms with Crippen molar-refractivity contribution in [2.75, 3.05) is 14.2 Å². The lowest BCUT2D eigenvalue weighted by Crippen LogP contribution is -2.30. The number of benzene rings is 2. The van der Waals surface area contributed by atoms with E-state index in [1.807, 2.05) is 49.4 Å². The van der Waals surface area contributed by atoms with E-state index >= 15 is 0 Å². The predicted octanol–water partition coefficient (Wildman–Crippen LogP) is 2.33. The maximum atomic E-state index is 12.4. The van der Waals surface area contributed by atoms with Gasteiger partial charge in [0.15, 0.2) is 0 Å². The van der Waals surface area contributed by atoms with Gasteiger partial charge in [-0.05, 0) is 37.3 Å². The van der Waals surface area contributed by atoms with Gasteiger partial charge in [-0.15, -0.1) is 5.10 Å². The molecule has 1 aromatic heterocycles. The maximum absolute atomic E-state index is 12.4. The molecule has 7 nitrogen and oxygen atoms in total. The summed E-state index contributed by atoms with van der Waals surface area (Å²) in [6, 6.07) is 12.8. The molecule has 0 spiro atoms. The number of ether oxygens (including phenoxy) is 2. The summed E-state index contributed by atoms with van der Waals surface area (Å²) in [4.78, 5) is 12.4. The zero-order chi connectivity index (χ0) is 17.8. The van der Waals surface area contributed by atoms with Crippen LogP contribution in [0.1, 0.15) is 18.5 Å². The topological polar surface area (TPSA) is 78.3 Å². The minimum atomic E-state index is -0.243. The number of amides is 1. The lowest BCUT2D eigenvalue weighted by molar-refractivity contribution is -0.122. The number of para-hydroxylation sites is 1. The monoisotopic (exact) mass is 340 g/mol. The van der Waals surface area contributed by atoms with E-state index in [4.69, 9.17) is 9.47 Å². The van der Waals surface area contributed by atoms with Gasteiger partial charge in [-0.25, -0.2) is 4.68 Å². The molecule has 0 fully saturated rings. The van der Waals surface area contributed by atoms with Crippen LogP contribution < -0.4 is 14.8 Å². The summed E-state index contributed by atoms with van der Waals surface area (Å²) >= 11 is 0. The number of carbonyl (C=O) groups is 1. The van der Waals surface area contributed by atoms with Crippen molar-refractivity contribution in [1.82, 2.24) is 20.3 Å². The van der Waals surface area contributed by atoms with Crippen LogP contribution in [0.15, 0.2) is 42.5 Å².